The first-order valence-corrected chi connectivity index (χ1v) is 10.6. The van der Waals surface area contributed by atoms with Crippen molar-refractivity contribution in [3.63, 3.8) is 0 Å². The van der Waals surface area contributed by atoms with Crippen molar-refractivity contribution in [1.29, 1.82) is 0 Å². The minimum absolute atomic E-state index is 0.142. The van der Waals surface area contributed by atoms with Crippen LogP contribution in [0.15, 0.2) is 56.1 Å². The lowest BCUT2D eigenvalue weighted by Crippen LogP contribution is -2.26. The van der Waals surface area contributed by atoms with Gasteiger partial charge in [-0.3, -0.25) is 19.5 Å². The van der Waals surface area contributed by atoms with Gasteiger partial charge in [-0.15, -0.1) is 0 Å². The number of nitrogens with zero attached hydrogens (tertiary/aromatic N) is 2. The lowest BCUT2D eigenvalue weighted by atomic mass is 10.2. The lowest BCUT2D eigenvalue weighted by molar-refractivity contribution is -0.384. The normalized spacial score (nSPS) is 12.2. The van der Waals surface area contributed by atoms with Crippen molar-refractivity contribution in [3.8, 4) is 5.75 Å². The molecule has 1 N–H and O–H groups in total. The second kappa shape index (κ2) is 9.19. The van der Waals surface area contributed by atoms with Crippen LogP contribution >= 0.6 is 0 Å². The fourth-order valence-corrected chi connectivity index (χ4v) is 3.70. The fourth-order valence-electron chi connectivity index (χ4n) is 3.70. The van der Waals surface area contributed by atoms with Crippen molar-refractivity contribution >= 4 is 33.7 Å². The molecule has 33 heavy (non-hydrogen) atoms. The Bertz CT molecular complexity index is 1380. The van der Waals surface area contributed by atoms with Gasteiger partial charge >= 0.3 is 5.76 Å². The fraction of sp³-hybridized carbons (Fsp3) is 0.304. The van der Waals surface area contributed by atoms with E-state index in [1.807, 2.05) is 38.1 Å². The molecule has 1 amide bonds. The Labute approximate surface area is 187 Å². The number of nitrogens with one attached hydrogen (secondary N) is 1. The topological polar surface area (TPSA) is 130 Å². The minimum atomic E-state index is -0.619. The number of rotatable bonds is 9. The number of fused-ring (bicyclic) bond motifs is 2. The number of furan rings is 1. The molecule has 0 aliphatic carbocycles. The molecule has 2 aromatic carbocycles. The molecule has 1 atom stereocenters. The number of para-hydroxylation sites is 1. The van der Waals surface area contributed by atoms with Crippen LogP contribution in [0.1, 0.15) is 38.5 Å². The van der Waals surface area contributed by atoms with Crippen molar-refractivity contribution in [2.75, 3.05) is 6.61 Å². The zero-order chi connectivity index (χ0) is 23.5. The summed E-state index contributed by atoms with van der Waals surface area (Å²) in [6.45, 7) is 4.49. The van der Waals surface area contributed by atoms with Gasteiger partial charge in [0, 0.05) is 24.4 Å². The number of oxazole rings is 1. The van der Waals surface area contributed by atoms with Crippen LogP contribution < -0.4 is 15.8 Å². The first kappa shape index (κ1) is 22.1. The molecule has 0 radical (unpaired) electrons. The molecule has 0 spiro atoms. The van der Waals surface area contributed by atoms with Crippen LogP contribution in [0, 0.1) is 10.1 Å². The lowest BCUT2D eigenvalue weighted by Gasteiger charge is -2.11. The van der Waals surface area contributed by atoms with Crippen molar-refractivity contribution in [3.05, 3.63) is 68.9 Å². The maximum atomic E-state index is 12.4. The molecule has 10 heteroatoms. The number of nitro groups is 1. The summed E-state index contributed by atoms with van der Waals surface area (Å²) in [4.78, 5) is 34.9. The summed E-state index contributed by atoms with van der Waals surface area (Å²) in [7, 11) is 0. The van der Waals surface area contributed by atoms with Gasteiger partial charge in [0.05, 0.1) is 29.2 Å². The summed E-state index contributed by atoms with van der Waals surface area (Å²) in [5.41, 5.74) is 1.08. The molecule has 4 aromatic rings. The third-order valence-corrected chi connectivity index (χ3v) is 5.28. The summed E-state index contributed by atoms with van der Waals surface area (Å²) in [6.07, 6.45) is 0.569. The monoisotopic (exact) mass is 453 g/mol. The Kier molecular flexibility index (Phi) is 6.16. The quantitative estimate of drug-likeness (QED) is 0.295. The van der Waals surface area contributed by atoms with E-state index in [-0.39, 0.29) is 36.2 Å². The average molecular weight is 453 g/mol. The number of aromatic nitrogens is 1. The van der Waals surface area contributed by atoms with Crippen molar-refractivity contribution in [2.45, 2.75) is 39.3 Å². The standard InChI is InChI=1S/C23H23N3O7/c1-3-31-18-7-4-6-15-12-19(32-22(15)18)14(2)24-21(27)8-5-11-25-17-10-9-16(26(29)30)13-20(17)33-23(25)28/h4,6-7,9-10,12-14H,3,5,8,11H2,1-2H3,(H,24,27). The summed E-state index contributed by atoms with van der Waals surface area (Å²) >= 11 is 0. The number of hydrogen-bond acceptors (Lipinski definition) is 7. The van der Waals surface area contributed by atoms with E-state index in [1.165, 1.54) is 22.8 Å². The molecule has 0 saturated heterocycles. The van der Waals surface area contributed by atoms with Crippen LogP contribution in [0.25, 0.3) is 22.1 Å². The number of hydrogen-bond donors (Lipinski definition) is 1. The van der Waals surface area contributed by atoms with E-state index in [4.69, 9.17) is 13.6 Å². The number of ether oxygens (including phenoxy) is 1. The zero-order valence-corrected chi connectivity index (χ0v) is 18.2. The highest BCUT2D eigenvalue weighted by atomic mass is 16.6. The molecule has 4 rings (SSSR count). The smallest absolute Gasteiger partial charge is 0.419 e. The van der Waals surface area contributed by atoms with Crippen molar-refractivity contribution in [2.24, 2.45) is 0 Å². The molecule has 0 bridgehead atoms. The number of carbonyl (C=O) groups is 1. The third-order valence-electron chi connectivity index (χ3n) is 5.28. The zero-order valence-electron chi connectivity index (χ0n) is 18.2. The molecule has 0 fully saturated rings. The van der Waals surface area contributed by atoms with Gasteiger partial charge in [-0.2, -0.15) is 0 Å². The van der Waals surface area contributed by atoms with Gasteiger partial charge in [0.15, 0.2) is 16.9 Å². The molecular weight excluding hydrogens is 430 g/mol. The van der Waals surface area contributed by atoms with E-state index in [1.54, 1.807) is 0 Å². The molecule has 0 aliphatic rings. The van der Waals surface area contributed by atoms with Gasteiger partial charge in [0.1, 0.15) is 5.76 Å². The Morgan fingerprint density at radius 2 is 2.06 bits per heavy atom. The van der Waals surface area contributed by atoms with Gasteiger partial charge in [-0.25, -0.2) is 4.79 Å². The predicted octanol–water partition coefficient (Wildman–Crippen LogP) is 4.31. The second-order valence-electron chi connectivity index (χ2n) is 7.58. The molecule has 1 unspecified atom stereocenters. The van der Waals surface area contributed by atoms with Gasteiger partial charge in [0.25, 0.3) is 5.69 Å². The van der Waals surface area contributed by atoms with E-state index in [0.29, 0.717) is 35.6 Å². The van der Waals surface area contributed by atoms with E-state index in [0.717, 1.165) is 5.39 Å². The molecule has 172 valence electrons. The Hall–Kier alpha value is -4.08. The Balaban J connectivity index is 1.37. The summed E-state index contributed by atoms with van der Waals surface area (Å²) < 4.78 is 18.0. The number of benzene rings is 2. The van der Waals surface area contributed by atoms with Gasteiger partial charge < -0.3 is 18.9 Å². The summed E-state index contributed by atoms with van der Waals surface area (Å²) in [5, 5.41) is 14.7. The molecule has 0 saturated carbocycles. The van der Waals surface area contributed by atoms with Crippen LogP contribution in [-0.4, -0.2) is 22.0 Å². The summed E-state index contributed by atoms with van der Waals surface area (Å²) in [5.74, 6) is 0.461. The largest absolute Gasteiger partial charge is 0.490 e. The number of non-ortho nitro benzene ring substituents is 1. The van der Waals surface area contributed by atoms with E-state index >= 15 is 0 Å². The molecule has 10 nitrogen and oxygen atoms in total. The van der Waals surface area contributed by atoms with E-state index < -0.39 is 10.7 Å². The van der Waals surface area contributed by atoms with Gasteiger partial charge in [-0.1, -0.05) is 12.1 Å². The van der Waals surface area contributed by atoms with E-state index in [9.17, 15) is 19.7 Å². The van der Waals surface area contributed by atoms with Crippen LogP contribution in [-0.2, 0) is 11.3 Å². The van der Waals surface area contributed by atoms with Gasteiger partial charge in [0.2, 0.25) is 5.91 Å². The highest BCUT2D eigenvalue weighted by Gasteiger charge is 2.17. The predicted molar refractivity (Wildman–Crippen MR) is 120 cm³/mol. The maximum absolute atomic E-state index is 12.4. The van der Waals surface area contributed by atoms with Crippen molar-refractivity contribution < 1.29 is 23.3 Å². The minimum Gasteiger partial charge on any atom is -0.490 e. The molecular formula is C23H23N3O7. The Morgan fingerprint density at radius 1 is 1.24 bits per heavy atom. The van der Waals surface area contributed by atoms with Crippen LogP contribution in [0.5, 0.6) is 5.75 Å². The molecule has 2 aromatic heterocycles. The first-order valence-electron chi connectivity index (χ1n) is 10.6. The SMILES string of the molecule is CCOc1cccc2cc(C(C)NC(=O)CCCn3c(=O)oc4cc([N+](=O)[O-])ccc43)oc12. The number of nitro benzene ring substituents is 1. The highest BCUT2D eigenvalue weighted by molar-refractivity contribution is 5.84. The second-order valence-corrected chi connectivity index (χ2v) is 7.58. The first-order chi connectivity index (χ1) is 15.9. The van der Waals surface area contributed by atoms with Gasteiger partial charge in [-0.05, 0) is 38.5 Å². The maximum Gasteiger partial charge on any atom is 0.419 e. The van der Waals surface area contributed by atoms with Crippen LogP contribution in [0.2, 0.25) is 0 Å². The average Bonchev–Trinajstić information content (AvgIpc) is 3.35. The third kappa shape index (κ3) is 4.59. The number of amides is 1. The number of carbonyl (C=O) groups excluding carboxylic acids is 1. The molecule has 0 aliphatic heterocycles. The summed E-state index contributed by atoms with van der Waals surface area (Å²) in [6, 6.07) is 11.2. The number of aryl methyl sites for hydroxylation is 1. The Morgan fingerprint density at radius 3 is 2.82 bits per heavy atom. The van der Waals surface area contributed by atoms with Crippen LogP contribution in [0.4, 0.5) is 5.69 Å². The molecule has 2 heterocycles. The van der Waals surface area contributed by atoms with Crippen LogP contribution in [0.3, 0.4) is 0 Å². The van der Waals surface area contributed by atoms with Crippen molar-refractivity contribution in [1.82, 2.24) is 9.88 Å². The highest BCUT2D eigenvalue weighted by Crippen LogP contribution is 2.31. The van der Waals surface area contributed by atoms with E-state index in [2.05, 4.69) is 5.32 Å².